The Kier molecular flexibility index (Phi) is 5.39. The van der Waals surface area contributed by atoms with Crippen LogP contribution in [0.3, 0.4) is 0 Å². The molecule has 0 radical (unpaired) electrons. The van der Waals surface area contributed by atoms with E-state index in [9.17, 15) is 4.79 Å². The van der Waals surface area contributed by atoms with E-state index in [0.717, 1.165) is 18.0 Å². The van der Waals surface area contributed by atoms with Crippen LogP contribution in [-0.2, 0) is 16.1 Å². The fourth-order valence-electron chi connectivity index (χ4n) is 2.48. The molecule has 1 atom stereocenters. The van der Waals surface area contributed by atoms with E-state index in [-0.39, 0.29) is 11.9 Å². The van der Waals surface area contributed by atoms with Crippen molar-refractivity contribution in [3.8, 4) is 11.4 Å². The minimum absolute atomic E-state index is 0.0306. The number of rotatable bonds is 6. The van der Waals surface area contributed by atoms with Crippen molar-refractivity contribution in [2.75, 3.05) is 26.9 Å². The molecular weight excluding hydrogens is 310 g/mol. The Hall–Kier alpha value is -2.45. The summed E-state index contributed by atoms with van der Waals surface area (Å²) in [6.07, 6.45) is 2.19. The highest BCUT2D eigenvalue weighted by molar-refractivity contribution is 5.76. The highest BCUT2D eigenvalue weighted by Crippen LogP contribution is 2.14. The van der Waals surface area contributed by atoms with Crippen LogP contribution in [0.25, 0.3) is 5.69 Å². The number of methoxy groups -OCH3 is 1. The van der Waals surface area contributed by atoms with Crippen LogP contribution >= 0.6 is 0 Å². The van der Waals surface area contributed by atoms with Gasteiger partial charge in [-0.05, 0) is 24.3 Å². The molecule has 2 heterocycles. The van der Waals surface area contributed by atoms with Crippen molar-refractivity contribution in [1.82, 2.24) is 25.6 Å². The molecule has 2 aromatic rings. The van der Waals surface area contributed by atoms with Crippen molar-refractivity contribution >= 4 is 5.91 Å². The molecule has 3 rings (SSSR count). The maximum Gasteiger partial charge on any atom is 0.221 e. The van der Waals surface area contributed by atoms with Gasteiger partial charge in [0.2, 0.25) is 5.91 Å². The van der Waals surface area contributed by atoms with Crippen molar-refractivity contribution in [2.45, 2.75) is 19.0 Å². The van der Waals surface area contributed by atoms with E-state index in [1.165, 1.54) is 0 Å². The standard InChI is InChI=1S/C16H21N5O3/c1-23-15-4-2-14(3-5-15)21-10-13(19-20-21)9-18-16(22)8-12-11-24-7-6-17-12/h2-5,10,12,17H,6-9,11H2,1H3,(H,18,22). The maximum absolute atomic E-state index is 12.0. The molecule has 1 unspecified atom stereocenters. The average Bonchev–Trinajstić information content (AvgIpc) is 3.10. The van der Waals surface area contributed by atoms with Gasteiger partial charge in [-0.2, -0.15) is 0 Å². The second-order valence-corrected chi connectivity index (χ2v) is 5.56. The Bertz CT molecular complexity index is 665. The van der Waals surface area contributed by atoms with Gasteiger partial charge in [-0.3, -0.25) is 4.79 Å². The van der Waals surface area contributed by atoms with Crippen LogP contribution in [0.5, 0.6) is 5.75 Å². The number of hydrogen-bond acceptors (Lipinski definition) is 6. The van der Waals surface area contributed by atoms with Gasteiger partial charge in [-0.1, -0.05) is 5.21 Å². The van der Waals surface area contributed by atoms with Crippen molar-refractivity contribution in [2.24, 2.45) is 0 Å². The minimum atomic E-state index is -0.0306. The van der Waals surface area contributed by atoms with E-state index >= 15 is 0 Å². The molecule has 1 aromatic carbocycles. The predicted molar refractivity (Wildman–Crippen MR) is 87.0 cm³/mol. The third-order valence-electron chi connectivity index (χ3n) is 3.77. The van der Waals surface area contributed by atoms with E-state index in [1.807, 2.05) is 24.3 Å². The van der Waals surface area contributed by atoms with Crippen molar-refractivity contribution in [1.29, 1.82) is 0 Å². The van der Waals surface area contributed by atoms with Crippen LogP contribution < -0.4 is 15.4 Å². The van der Waals surface area contributed by atoms with Crippen molar-refractivity contribution in [3.63, 3.8) is 0 Å². The summed E-state index contributed by atoms with van der Waals surface area (Å²) in [5.41, 5.74) is 1.58. The van der Waals surface area contributed by atoms with Crippen molar-refractivity contribution in [3.05, 3.63) is 36.2 Å². The molecule has 1 amide bonds. The number of nitrogens with zero attached hydrogens (tertiary/aromatic N) is 3. The topological polar surface area (TPSA) is 90.3 Å². The quantitative estimate of drug-likeness (QED) is 0.790. The average molecular weight is 331 g/mol. The third kappa shape index (κ3) is 4.30. The second-order valence-electron chi connectivity index (χ2n) is 5.56. The number of aromatic nitrogens is 3. The molecule has 24 heavy (non-hydrogen) atoms. The predicted octanol–water partition coefficient (Wildman–Crippen LogP) is 0.271. The number of carbonyl (C=O) groups excluding carboxylic acids is 1. The van der Waals surface area contributed by atoms with E-state index in [1.54, 1.807) is 18.0 Å². The van der Waals surface area contributed by atoms with Gasteiger partial charge in [-0.25, -0.2) is 4.68 Å². The molecule has 0 aliphatic carbocycles. The summed E-state index contributed by atoms with van der Waals surface area (Å²) < 4.78 is 12.1. The first-order chi connectivity index (χ1) is 11.7. The van der Waals surface area contributed by atoms with E-state index < -0.39 is 0 Å². The molecule has 128 valence electrons. The number of ether oxygens (including phenoxy) is 2. The number of benzene rings is 1. The maximum atomic E-state index is 12.0. The normalized spacial score (nSPS) is 17.5. The first-order valence-electron chi connectivity index (χ1n) is 7.88. The van der Waals surface area contributed by atoms with Gasteiger partial charge >= 0.3 is 0 Å². The van der Waals surface area contributed by atoms with Crippen molar-refractivity contribution < 1.29 is 14.3 Å². The molecule has 1 aliphatic heterocycles. The molecule has 1 aromatic heterocycles. The summed E-state index contributed by atoms with van der Waals surface area (Å²) in [5, 5.41) is 14.3. The summed E-state index contributed by atoms with van der Waals surface area (Å²) in [5.74, 6) is 0.753. The van der Waals surface area contributed by atoms with Gasteiger partial charge in [0.15, 0.2) is 0 Å². The highest BCUT2D eigenvalue weighted by atomic mass is 16.5. The van der Waals surface area contributed by atoms with E-state index in [0.29, 0.717) is 31.9 Å². The third-order valence-corrected chi connectivity index (χ3v) is 3.77. The van der Waals surface area contributed by atoms with Crippen LogP contribution in [-0.4, -0.2) is 53.8 Å². The molecule has 1 aliphatic rings. The Morgan fingerprint density at radius 2 is 2.29 bits per heavy atom. The number of hydrogen-bond donors (Lipinski definition) is 2. The molecule has 0 spiro atoms. The lowest BCUT2D eigenvalue weighted by atomic mass is 10.2. The smallest absolute Gasteiger partial charge is 0.221 e. The lowest BCUT2D eigenvalue weighted by Crippen LogP contribution is -2.44. The first kappa shape index (κ1) is 16.4. The summed E-state index contributed by atoms with van der Waals surface area (Å²) in [6, 6.07) is 7.58. The van der Waals surface area contributed by atoms with Crippen LogP contribution in [0.4, 0.5) is 0 Å². The molecular formula is C16H21N5O3. The minimum Gasteiger partial charge on any atom is -0.497 e. The largest absolute Gasteiger partial charge is 0.497 e. The summed E-state index contributed by atoms with van der Waals surface area (Å²) >= 11 is 0. The van der Waals surface area contributed by atoms with Gasteiger partial charge in [0.1, 0.15) is 11.4 Å². The van der Waals surface area contributed by atoms with Crippen LogP contribution in [0.2, 0.25) is 0 Å². The number of amides is 1. The Balaban J connectivity index is 1.50. The van der Waals surface area contributed by atoms with Gasteiger partial charge in [-0.15, -0.1) is 5.10 Å². The zero-order valence-electron chi connectivity index (χ0n) is 13.6. The molecule has 1 saturated heterocycles. The Morgan fingerprint density at radius 1 is 1.46 bits per heavy atom. The highest BCUT2D eigenvalue weighted by Gasteiger charge is 2.16. The summed E-state index contributed by atoms with van der Waals surface area (Å²) in [6.45, 7) is 2.41. The molecule has 0 saturated carbocycles. The number of carbonyl (C=O) groups is 1. The fourth-order valence-corrected chi connectivity index (χ4v) is 2.48. The zero-order chi connectivity index (χ0) is 16.8. The molecule has 0 bridgehead atoms. The summed E-state index contributed by atoms with van der Waals surface area (Å²) in [4.78, 5) is 12.0. The van der Waals surface area contributed by atoms with Crippen LogP contribution in [0, 0.1) is 0 Å². The molecule has 8 heteroatoms. The van der Waals surface area contributed by atoms with Crippen LogP contribution in [0.15, 0.2) is 30.5 Å². The lowest BCUT2D eigenvalue weighted by Gasteiger charge is -2.23. The monoisotopic (exact) mass is 331 g/mol. The van der Waals surface area contributed by atoms with Gasteiger partial charge in [0.25, 0.3) is 0 Å². The Labute approximate surface area is 140 Å². The molecule has 1 fully saturated rings. The SMILES string of the molecule is COc1ccc(-n2cc(CNC(=O)CC3COCCN3)nn2)cc1. The molecule has 8 nitrogen and oxygen atoms in total. The van der Waals surface area contributed by atoms with E-state index in [2.05, 4.69) is 20.9 Å². The number of nitrogens with one attached hydrogen (secondary N) is 2. The summed E-state index contributed by atoms with van der Waals surface area (Å²) in [7, 11) is 1.63. The van der Waals surface area contributed by atoms with Gasteiger partial charge < -0.3 is 20.1 Å². The van der Waals surface area contributed by atoms with Crippen LogP contribution in [0.1, 0.15) is 12.1 Å². The van der Waals surface area contributed by atoms with E-state index in [4.69, 9.17) is 9.47 Å². The number of morpholine rings is 1. The Morgan fingerprint density at radius 3 is 3.00 bits per heavy atom. The second kappa shape index (κ2) is 7.89. The first-order valence-corrected chi connectivity index (χ1v) is 7.88. The molecule has 2 N–H and O–H groups in total. The lowest BCUT2D eigenvalue weighted by molar-refractivity contribution is -0.122. The van der Waals surface area contributed by atoms with Gasteiger partial charge in [0, 0.05) is 19.0 Å². The zero-order valence-corrected chi connectivity index (χ0v) is 13.6. The fraction of sp³-hybridized carbons (Fsp3) is 0.438. The van der Waals surface area contributed by atoms with Gasteiger partial charge in [0.05, 0.1) is 38.8 Å².